The van der Waals surface area contributed by atoms with Crippen LogP contribution in [0.3, 0.4) is 0 Å². The summed E-state index contributed by atoms with van der Waals surface area (Å²) in [6.45, 7) is 3.61. The Kier molecular flexibility index (Phi) is 5.97. The zero-order valence-corrected chi connectivity index (χ0v) is 10.7. The van der Waals surface area contributed by atoms with Crippen molar-refractivity contribution in [2.45, 2.75) is 38.6 Å². The van der Waals surface area contributed by atoms with E-state index in [9.17, 15) is 9.59 Å². The van der Waals surface area contributed by atoms with Gasteiger partial charge in [0.15, 0.2) is 0 Å². The fraction of sp³-hybridized carbons (Fsp3) is 0.833. The third kappa shape index (κ3) is 4.73. The summed E-state index contributed by atoms with van der Waals surface area (Å²) >= 11 is 0. The number of amides is 2. The van der Waals surface area contributed by atoms with Gasteiger partial charge >= 0.3 is 0 Å². The maximum atomic E-state index is 11.6. The van der Waals surface area contributed by atoms with E-state index in [2.05, 4.69) is 5.32 Å². The minimum atomic E-state index is -0.0779. The van der Waals surface area contributed by atoms with Crippen LogP contribution < -0.4 is 5.32 Å². The molecule has 0 aromatic rings. The average molecular weight is 242 g/mol. The first-order chi connectivity index (χ1) is 8.17. The van der Waals surface area contributed by atoms with Crippen molar-refractivity contribution in [1.29, 1.82) is 0 Å². The van der Waals surface area contributed by atoms with Crippen LogP contribution in [0, 0.1) is 0 Å². The second-order valence-corrected chi connectivity index (χ2v) is 4.41. The second kappa shape index (κ2) is 7.27. The van der Waals surface area contributed by atoms with E-state index < -0.39 is 0 Å². The van der Waals surface area contributed by atoms with Gasteiger partial charge in [0.2, 0.25) is 11.8 Å². The summed E-state index contributed by atoms with van der Waals surface area (Å²) < 4.78 is 4.76. The third-order valence-corrected chi connectivity index (χ3v) is 2.95. The zero-order chi connectivity index (χ0) is 12.7. The highest BCUT2D eigenvalue weighted by Crippen LogP contribution is 2.11. The molecule has 17 heavy (non-hydrogen) atoms. The summed E-state index contributed by atoms with van der Waals surface area (Å²) in [5, 5.41) is 2.91. The van der Waals surface area contributed by atoms with Crippen molar-refractivity contribution in [3.05, 3.63) is 0 Å². The molecule has 1 N–H and O–H groups in total. The number of piperidine rings is 1. The molecule has 0 bridgehead atoms. The van der Waals surface area contributed by atoms with Crippen molar-refractivity contribution in [3.63, 3.8) is 0 Å². The molecule has 5 heteroatoms. The Bertz CT molecular complexity index is 260. The molecule has 1 fully saturated rings. The summed E-state index contributed by atoms with van der Waals surface area (Å²) in [7, 11) is 1.51. The van der Waals surface area contributed by atoms with Gasteiger partial charge in [-0.1, -0.05) is 6.92 Å². The van der Waals surface area contributed by atoms with Gasteiger partial charge in [-0.2, -0.15) is 0 Å². The highest BCUT2D eigenvalue weighted by Gasteiger charge is 2.22. The van der Waals surface area contributed by atoms with Crippen LogP contribution in [0.4, 0.5) is 0 Å². The van der Waals surface area contributed by atoms with Gasteiger partial charge in [0.1, 0.15) is 6.61 Å². The maximum absolute atomic E-state index is 11.6. The summed E-state index contributed by atoms with van der Waals surface area (Å²) in [4.78, 5) is 24.9. The van der Waals surface area contributed by atoms with Crippen LogP contribution in [-0.2, 0) is 14.3 Å². The first-order valence-electron chi connectivity index (χ1n) is 6.23. The lowest BCUT2D eigenvalue weighted by Gasteiger charge is -2.32. The SMILES string of the molecule is CCCC(=O)N1CCC(NC(=O)COC)CC1. The van der Waals surface area contributed by atoms with Crippen molar-refractivity contribution in [1.82, 2.24) is 10.2 Å². The van der Waals surface area contributed by atoms with Crippen molar-refractivity contribution in [2.75, 3.05) is 26.8 Å². The summed E-state index contributed by atoms with van der Waals surface area (Å²) in [6.07, 6.45) is 3.19. The highest BCUT2D eigenvalue weighted by molar-refractivity contribution is 5.78. The monoisotopic (exact) mass is 242 g/mol. The van der Waals surface area contributed by atoms with Crippen molar-refractivity contribution in [3.8, 4) is 0 Å². The van der Waals surface area contributed by atoms with E-state index in [1.807, 2.05) is 11.8 Å². The number of rotatable bonds is 5. The molecular weight excluding hydrogens is 220 g/mol. The second-order valence-electron chi connectivity index (χ2n) is 4.41. The molecule has 1 saturated heterocycles. The van der Waals surface area contributed by atoms with Crippen LogP contribution in [0.5, 0.6) is 0 Å². The number of ether oxygens (including phenoxy) is 1. The van der Waals surface area contributed by atoms with Gasteiger partial charge in [-0.15, -0.1) is 0 Å². The molecule has 1 aliphatic rings. The first kappa shape index (κ1) is 14.0. The Morgan fingerprint density at radius 3 is 2.53 bits per heavy atom. The normalized spacial score (nSPS) is 16.9. The third-order valence-electron chi connectivity index (χ3n) is 2.95. The molecule has 0 radical (unpaired) electrons. The highest BCUT2D eigenvalue weighted by atomic mass is 16.5. The van der Waals surface area contributed by atoms with Crippen LogP contribution in [0.15, 0.2) is 0 Å². The zero-order valence-electron chi connectivity index (χ0n) is 10.7. The van der Waals surface area contributed by atoms with E-state index in [0.717, 1.165) is 32.4 Å². The minimum absolute atomic E-state index is 0.0779. The fourth-order valence-corrected chi connectivity index (χ4v) is 2.05. The van der Waals surface area contributed by atoms with E-state index in [4.69, 9.17) is 4.74 Å². The van der Waals surface area contributed by atoms with Gasteiger partial charge in [-0.25, -0.2) is 0 Å². The number of hydrogen-bond acceptors (Lipinski definition) is 3. The van der Waals surface area contributed by atoms with Crippen LogP contribution in [-0.4, -0.2) is 49.6 Å². The molecule has 1 rings (SSSR count). The van der Waals surface area contributed by atoms with Crippen LogP contribution in [0.1, 0.15) is 32.6 Å². The topological polar surface area (TPSA) is 58.6 Å². The van der Waals surface area contributed by atoms with Gasteiger partial charge in [0.05, 0.1) is 0 Å². The Hall–Kier alpha value is -1.10. The minimum Gasteiger partial charge on any atom is -0.375 e. The van der Waals surface area contributed by atoms with Crippen LogP contribution in [0.25, 0.3) is 0 Å². The molecular formula is C12H22N2O3. The number of likely N-dealkylation sites (tertiary alicyclic amines) is 1. The average Bonchev–Trinajstić information content (AvgIpc) is 2.30. The van der Waals surface area contributed by atoms with Gasteiger partial charge < -0.3 is 15.0 Å². The van der Waals surface area contributed by atoms with Crippen molar-refractivity contribution in [2.24, 2.45) is 0 Å². The van der Waals surface area contributed by atoms with Crippen molar-refractivity contribution < 1.29 is 14.3 Å². The summed E-state index contributed by atoms with van der Waals surface area (Å²) in [5.74, 6) is 0.153. The maximum Gasteiger partial charge on any atom is 0.246 e. The van der Waals surface area contributed by atoms with Gasteiger partial charge in [-0.3, -0.25) is 9.59 Å². The molecule has 5 nitrogen and oxygen atoms in total. The lowest BCUT2D eigenvalue weighted by molar-refractivity contribution is -0.132. The van der Waals surface area contributed by atoms with E-state index in [1.54, 1.807) is 0 Å². The molecule has 0 spiro atoms. The molecule has 0 unspecified atom stereocenters. The number of methoxy groups -OCH3 is 1. The summed E-state index contributed by atoms with van der Waals surface area (Å²) in [5.41, 5.74) is 0. The van der Waals surface area contributed by atoms with Crippen molar-refractivity contribution >= 4 is 11.8 Å². The standard InChI is InChI=1S/C12H22N2O3/c1-3-4-12(16)14-7-5-10(6-8-14)13-11(15)9-17-2/h10H,3-9H2,1-2H3,(H,13,15). The number of hydrogen-bond donors (Lipinski definition) is 1. The van der Waals surface area contributed by atoms with E-state index >= 15 is 0 Å². The fourth-order valence-electron chi connectivity index (χ4n) is 2.05. The molecule has 98 valence electrons. The quantitative estimate of drug-likeness (QED) is 0.765. The predicted molar refractivity (Wildman–Crippen MR) is 64.5 cm³/mol. The predicted octanol–water partition coefficient (Wildman–Crippen LogP) is 0.540. The molecule has 0 aromatic heterocycles. The molecule has 0 aromatic carbocycles. The largest absolute Gasteiger partial charge is 0.375 e. The molecule has 2 amide bonds. The Morgan fingerprint density at radius 1 is 1.35 bits per heavy atom. The van der Waals surface area contributed by atoms with Crippen LogP contribution >= 0.6 is 0 Å². The number of carbonyl (C=O) groups is 2. The molecule has 1 heterocycles. The Labute approximate surface area is 102 Å². The number of carbonyl (C=O) groups excluding carboxylic acids is 2. The molecule has 1 aliphatic heterocycles. The summed E-state index contributed by atoms with van der Waals surface area (Å²) in [6, 6.07) is 0.184. The number of nitrogens with one attached hydrogen (secondary N) is 1. The van der Waals surface area contributed by atoms with E-state index in [-0.39, 0.29) is 24.5 Å². The molecule has 0 aliphatic carbocycles. The molecule has 0 saturated carbocycles. The lowest BCUT2D eigenvalue weighted by Crippen LogP contribution is -2.47. The lowest BCUT2D eigenvalue weighted by atomic mass is 10.0. The van der Waals surface area contributed by atoms with Gasteiger partial charge in [0.25, 0.3) is 0 Å². The van der Waals surface area contributed by atoms with Gasteiger partial charge in [-0.05, 0) is 19.3 Å². The van der Waals surface area contributed by atoms with Crippen LogP contribution in [0.2, 0.25) is 0 Å². The van der Waals surface area contributed by atoms with E-state index in [0.29, 0.717) is 6.42 Å². The number of nitrogens with zero attached hydrogens (tertiary/aromatic N) is 1. The molecule has 0 atom stereocenters. The van der Waals surface area contributed by atoms with Gasteiger partial charge in [0, 0.05) is 32.7 Å². The Morgan fingerprint density at radius 2 is 2.00 bits per heavy atom. The van der Waals surface area contributed by atoms with E-state index in [1.165, 1.54) is 7.11 Å². The Balaban J connectivity index is 2.26. The smallest absolute Gasteiger partial charge is 0.246 e. The first-order valence-corrected chi connectivity index (χ1v) is 6.23.